The lowest BCUT2D eigenvalue weighted by Crippen LogP contribution is -2.19. The van der Waals surface area contributed by atoms with E-state index < -0.39 is 0 Å². The smallest absolute Gasteiger partial charge is 0.135 e. The normalized spacial score (nSPS) is 19.7. The maximum atomic E-state index is 5.82. The fourth-order valence-corrected chi connectivity index (χ4v) is 2.75. The first-order valence-corrected chi connectivity index (χ1v) is 6.85. The van der Waals surface area contributed by atoms with Gasteiger partial charge in [-0.2, -0.15) is 10.5 Å². The van der Waals surface area contributed by atoms with Gasteiger partial charge in [0, 0.05) is 16.4 Å². The second-order valence-corrected chi connectivity index (χ2v) is 5.73. The summed E-state index contributed by atoms with van der Waals surface area (Å²) in [6.07, 6.45) is 6.66. The van der Waals surface area contributed by atoms with Crippen molar-refractivity contribution in [3.8, 4) is 0 Å². The van der Waals surface area contributed by atoms with E-state index in [1.165, 1.54) is 10.6 Å². The molecule has 0 spiro atoms. The van der Waals surface area contributed by atoms with E-state index in [0.717, 1.165) is 16.8 Å². The summed E-state index contributed by atoms with van der Waals surface area (Å²) in [5, 5.41) is 4.74. The number of benzene rings is 1. The Kier molecular flexibility index (Phi) is 2.03. The van der Waals surface area contributed by atoms with Crippen molar-refractivity contribution in [3.63, 3.8) is 0 Å². The van der Waals surface area contributed by atoms with Crippen molar-refractivity contribution in [3.05, 3.63) is 34.9 Å². The van der Waals surface area contributed by atoms with Gasteiger partial charge in [0.25, 0.3) is 0 Å². The van der Waals surface area contributed by atoms with Crippen LogP contribution >= 0.6 is 10.5 Å². The van der Waals surface area contributed by atoms with Crippen molar-refractivity contribution in [1.29, 1.82) is 0 Å². The van der Waals surface area contributed by atoms with Crippen LogP contribution < -0.4 is 10.6 Å². The lowest BCUT2D eigenvalue weighted by Gasteiger charge is -1.91. The van der Waals surface area contributed by atoms with E-state index in [2.05, 4.69) is 35.9 Å². The highest BCUT2D eigenvalue weighted by Crippen LogP contribution is 2.10. The SMILES string of the molecule is CS1=CC=c2c(oc3ccccc23)=CC1. The Morgan fingerprint density at radius 2 is 2.13 bits per heavy atom. The summed E-state index contributed by atoms with van der Waals surface area (Å²) in [7, 11) is 0.349. The van der Waals surface area contributed by atoms with Gasteiger partial charge in [-0.25, -0.2) is 0 Å². The molecule has 0 saturated carbocycles. The van der Waals surface area contributed by atoms with E-state index in [4.69, 9.17) is 4.42 Å². The Labute approximate surface area is 90.6 Å². The van der Waals surface area contributed by atoms with E-state index in [1.807, 2.05) is 12.1 Å². The molecular weight excluding hydrogens is 204 g/mol. The lowest BCUT2D eigenvalue weighted by molar-refractivity contribution is 0.575. The van der Waals surface area contributed by atoms with Gasteiger partial charge in [-0.05, 0) is 29.8 Å². The molecule has 15 heavy (non-hydrogen) atoms. The highest BCUT2D eigenvalue weighted by atomic mass is 32.2. The van der Waals surface area contributed by atoms with Crippen LogP contribution in [0.4, 0.5) is 0 Å². The molecular formula is C13H12OS. The Bertz CT molecular complexity index is 661. The van der Waals surface area contributed by atoms with Crippen molar-refractivity contribution in [2.45, 2.75) is 0 Å². The molecule has 0 saturated heterocycles. The van der Waals surface area contributed by atoms with Gasteiger partial charge in [0.1, 0.15) is 11.0 Å². The van der Waals surface area contributed by atoms with Gasteiger partial charge in [-0.3, -0.25) is 0 Å². The van der Waals surface area contributed by atoms with Gasteiger partial charge in [0.05, 0.1) is 0 Å². The molecule has 1 aromatic heterocycles. The van der Waals surface area contributed by atoms with Crippen LogP contribution in [0.5, 0.6) is 0 Å². The Morgan fingerprint density at radius 3 is 3.07 bits per heavy atom. The maximum absolute atomic E-state index is 5.82. The third-order valence-corrected chi connectivity index (χ3v) is 3.95. The molecule has 1 aromatic carbocycles. The predicted octanol–water partition coefficient (Wildman–Crippen LogP) is 1.71. The lowest BCUT2D eigenvalue weighted by atomic mass is 10.2. The summed E-state index contributed by atoms with van der Waals surface area (Å²) in [6.45, 7) is 0. The molecule has 1 atom stereocenters. The largest absolute Gasteiger partial charge is 0.456 e. The van der Waals surface area contributed by atoms with Crippen molar-refractivity contribution < 1.29 is 4.42 Å². The Balaban J connectivity index is 2.50. The van der Waals surface area contributed by atoms with Crippen molar-refractivity contribution in [1.82, 2.24) is 0 Å². The van der Waals surface area contributed by atoms with Crippen LogP contribution in [0, 0.1) is 0 Å². The quantitative estimate of drug-likeness (QED) is 0.611. The maximum Gasteiger partial charge on any atom is 0.135 e. The van der Waals surface area contributed by atoms with Crippen LogP contribution in [0.2, 0.25) is 0 Å². The van der Waals surface area contributed by atoms with Crippen LogP contribution in [0.15, 0.2) is 28.7 Å². The van der Waals surface area contributed by atoms with Crippen LogP contribution in [-0.2, 0) is 0 Å². The standard InChI is InChI=1S/C13H12OS/c1-15-8-6-11-10-4-2-3-5-12(10)14-13(11)7-9-15/h2-8H,9H2,1H3. The fraction of sp³-hybridized carbons (Fsp3) is 0.154. The highest BCUT2D eigenvalue weighted by molar-refractivity contribution is 8.15. The highest BCUT2D eigenvalue weighted by Gasteiger charge is 2.02. The van der Waals surface area contributed by atoms with E-state index >= 15 is 0 Å². The fourth-order valence-electron chi connectivity index (χ4n) is 1.85. The summed E-state index contributed by atoms with van der Waals surface area (Å²) in [5.41, 5.74) is 2.02. The molecule has 1 aliphatic heterocycles. The molecule has 0 aliphatic carbocycles. The number of hydrogen-bond donors (Lipinski definition) is 0. The van der Waals surface area contributed by atoms with Crippen LogP contribution in [0.25, 0.3) is 23.1 Å². The number of furan rings is 1. The zero-order valence-corrected chi connectivity index (χ0v) is 9.38. The van der Waals surface area contributed by atoms with Gasteiger partial charge in [0.2, 0.25) is 0 Å². The van der Waals surface area contributed by atoms with E-state index in [1.54, 1.807) is 0 Å². The van der Waals surface area contributed by atoms with Gasteiger partial charge in [-0.15, -0.1) is 0 Å². The zero-order valence-electron chi connectivity index (χ0n) is 8.57. The first-order valence-electron chi connectivity index (χ1n) is 4.99. The minimum Gasteiger partial charge on any atom is -0.456 e. The number of hydrogen-bond acceptors (Lipinski definition) is 1. The molecule has 76 valence electrons. The first kappa shape index (κ1) is 8.98. The summed E-state index contributed by atoms with van der Waals surface area (Å²) in [4.78, 5) is 0. The van der Waals surface area contributed by atoms with E-state index in [-0.39, 0.29) is 0 Å². The molecule has 2 heterocycles. The van der Waals surface area contributed by atoms with Crippen LogP contribution in [0.3, 0.4) is 0 Å². The Hall–Kier alpha value is -1.28. The number of rotatable bonds is 0. The summed E-state index contributed by atoms with van der Waals surface area (Å²) >= 11 is 0. The third-order valence-electron chi connectivity index (χ3n) is 2.66. The van der Waals surface area contributed by atoms with Crippen molar-refractivity contribution in [2.75, 3.05) is 12.0 Å². The van der Waals surface area contributed by atoms with E-state index in [9.17, 15) is 0 Å². The molecule has 3 rings (SSSR count). The monoisotopic (exact) mass is 216 g/mol. The Morgan fingerprint density at radius 1 is 1.27 bits per heavy atom. The van der Waals surface area contributed by atoms with Gasteiger partial charge >= 0.3 is 0 Å². The third kappa shape index (κ3) is 1.45. The predicted molar refractivity (Wildman–Crippen MR) is 68.8 cm³/mol. The van der Waals surface area contributed by atoms with Gasteiger partial charge in [-0.1, -0.05) is 18.2 Å². The van der Waals surface area contributed by atoms with Gasteiger partial charge in [0.15, 0.2) is 0 Å². The number of para-hydroxylation sites is 1. The summed E-state index contributed by atoms with van der Waals surface area (Å²) < 4.78 is 5.82. The minimum atomic E-state index is 0.349. The molecule has 0 bridgehead atoms. The molecule has 2 aromatic rings. The number of fused-ring (bicyclic) bond motifs is 3. The molecule has 2 heteroatoms. The molecule has 1 aliphatic rings. The van der Waals surface area contributed by atoms with Crippen LogP contribution in [0.1, 0.15) is 0 Å². The molecule has 0 fully saturated rings. The molecule has 1 unspecified atom stereocenters. The molecule has 0 N–H and O–H groups in total. The van der Waals surface area contributed by atoms with Gasteiger partial charge < -0.3 is 4.42 Å². The zero-order chi connectivity index (χ0) is 10.3. The molecule has 1 nitrogen and oxygen atoms in total. The topological polar surface area (TPSA) is 13.1 Å². The summed E-state index contributed by atoms with van der Waals surface area (Å²) in [6, 6.07) is 8.22. The molecule has 0 amide bonds. The first-order chi connectivity index (χ1) is 7.34. The molecule has 0 radical (unpaired) electrons. The average Bonchev–Trinajstić information content (AvgIpc) is 2.51. The van der Waals surface area contributed by atoms with E-state index in [0.29, 0.717) is 10.5 Å². The van der Waals surface area contributed by atoms with Crippen LogP contribution in [-0.4, -0.2) is 17.4 Å². The van der Waals surface area contributed by atoms with Crippen molar-refractivity contribution >= 4 is 39.0 Å². The van der Waals surface area contributed by atoms with Crippen molar-refractivity contribution in [2.24, 2.45) is 0 Å². The second-order valence-electron chi connectivity index (χ2n) is 3.74. The summed E-state index contributed by atoms with van der Waals surface area (Å²) in [5.74, 6) is 1.09. The second kappa shape index (κ2) is 3.38. The average molecular weight is 216 g/mol. The minimum absolute atomic E-state index is 0.349.